The van der Waals surface area contributed by atoms with Crippen molar-refractivity contribution in [2.24, 2.45) is 0 Å². The van der Waals surface area contributed by atoms with Gasteiger partial charge in [0.05, 0.1) is 13.0 Å². The maximum Gasteiger partial charge on any atom is 0.318 e. The van der Waals surface area contributed by atoms with Crippen LogP contribution in [0.4, 0.5) is 0 Å². The maximum absolute atomic E-state index is 12.0. The standard InChI is InChI=1S/C16H16O3/c1-12(13-7-6-10-15(11-13)18-2)16(17)19-14-8-4-3-5-9-14/h3-12H,1-2H3/t12-/m1/s1. The zero-order valence-corrected chi connectivity index (χ0v) is 11.0. The molecule has 2 aromatic rings. The van der Waals surface area contributed by atoms with Crippen LogP contribution in [0.1, 0.15) is 18.4 Å². The zero-order chi connectivity index (χ0) is 13.7. The second-order valence-electron chi connectivity index (χ2n) is 4.23. The van der Waals surface area contributed by atoms with E-state index in [0.717, 1.165) is 11.3 Å². The van der Waals surface area contributed by atoms with Crippen LogP contribution in [0, 0.1) is 0 Å². The molecule has 3 nitrogen and oxygen atoms in total. The molecule has 0 aliphatic carbocycles. The summed E-state index contributed by atoms with van der Waals surface area (Å²) in [6.45, 7) is 1.82. The number of hydrogen-bond acceptors (Lipinski definition) is 3. The molecule has 0 bridgehead atoms. The van der Waals surface area contributed by atoms with Gasteiger partial charge in [0.2, 0.25) is 0 Å². The molecule has 98 valence electrons. The molecule has 0 N–H and O–H groups in total. The lowest BCUT2D eigenvalue weighted by molar-refractivity contribution is -0.135. The summed E-state index contributed by atoms with van der Waals surface area (Å²) >= 11 is 0. The number of ether oxygens (including phenoxy) is 2. The summed E-state index contributed by atoms with van der Waals surface area (Å²) in [7, 11) is 1.60. The Hall–Kier alpha value is -2.29. The first kappa shape index (κ1) is 13.1. The van der Waals surface area contributed by atoms with E-state index in [-0.39, 0.29) is 11.9 Å². The number of hydrogen-bond donors (Lipinski definition) is 0. The second-order valence-corrected chi connectivity index (χ2v) is 4.23. The van der Waals surface area contributed by atoms with E-state index < -0.39 is 0 Å². The Bertz CT molecular complexity index is 549. The van der Waals surface area contributed by atoms with Gasteiger partial charge in [-0.05, 0) is 36.8 Å². The molecule has 0 amide bonds. The highest BCUT2D eigenvalue weighted by atomic mass is 16.5. The van der Waals surface area contributed by atoms with Gasteiger partial charge in [-0.1, -0.05) is 30.3 Å². The van der Waals surface area contributed by atoms with Crippen molar-refractivity contribution in [3.63, 3.8) is 0 Å². The van der Waals surface area contributed by atoms with Gasteiger partial charge >= 0.3 is 5.97 Å². The summed E-state index contributed by atoms with van der Waals surface area (Å²) in [6, 6.07) is 16.5. The summed E-state index contributed by atoms with van der Waals surface area (Å²) in [5.74, 6) is 0.675. The Kier molecular flexibility index (Phi) is 4.18. The van der Waals surface area contributed by atoms with E-state index in [2.05, 4.69) is 0 Å². The molecule has 0 unspecified atom stereocenters. The molecule has 0 radical (unpaired) electrons. The fourth-order valence-corrected chi connectivity index (χ4v) is 1.74. The van der Waals surface area contributed by atoms with Gasteiger partial charge in [0.25, 0.3) is 0 Å². The Morgan fingerprint density at radius 2 is 1.68 bits per heavy atom. The van der Waals surface area contributed by atoms with Gasteiger partial charge in [0, 0.05) is 0 Å². The summed E-state index contributed by atoms with van der Waals surface area (Å²) in [4.78, 5) is 12.0. The van der Waals surface area contributed by atoms with E-state index in [1.807, 2.05) is 49.4 Å². The lowest BCUT2D eigenvalue weighted by Crippen LogP contribution is -2.16. The largest absolute Gasteiger partial charge is 0.497 e. The van der Waals surface area contributed by atoms with E-state index in [9.17, 15) is 4.79 Å². The van der Waals surface area contributed by atoms with E-state index in [4.69, 9.17) is 9.47 Å². The molecule has 2 aromatic carbocycles. The highest BCUT2D eigenvalue weighted by Crippen LogP contribution is 2.22. The van der Waals surface area contributed by atoms with Crippen molar-refractivity contribution in [1.29, 1.82) is 0 Å². The van der Waals surface area contributed by atoms with Crippen LogP contribution < -0.4 is 9.47 Å². The van der Waals surface area contributed by atoms with Crippen molar-refractivity contribution >= 4 is 5.97 Å². The van der Waals surface area contributed by atoms with Crippen LogP contribution in [-0.2, 0) is 4.79 Å². The first-order valence-corrected chi connectivity index (χ1v) is 6.11. The maximum atomic E-state index is 12.0. The van der Waals surface area contributed by atoms with E-state index >= 15 is 0 Å². The predicted molar refractivity (Wildman–Crippen MR) is 73.5 cm³/mol. The molecule has 2 rings (SSSR count). The molecule has 3 heteroatoms. The molecule has 0 saturated carbocycles. The van der Waals surface area contributed by atoms with Crippen LogP contribution in [0.25, 0.3) is 0 Å². The number of carbonyl (C=O) groups is 1. The topological polar surface area (TPSA) is 35.5 Å². The van der Waals surface area contributed by atoms with Crippen molar-refractivity contribution < 1.29 is 14.3 Å². The number of methoxy groups -OCH3 is 1. The Labute approximate surface area is 112 Å². The number of rotatable bonds is 4. The van der Waals surface area contributed by atoms with Crippen molar-refractivity contribution in [3.8, 4) is 11.5 Å². The average molecular weight is 256 g/mol. The quantitative estimate of drug-likeness (QED) is 0.621. The third-order valence-corrected chi connectivity index (χ3v) is 2.91. The predicted octanol–water partition coefficient (Wildman–Crippen LogP) is 3.40. The second kappa shape index (κ2) is 6.05. The smallest absolute Gasteiger partial charge is 0.318 e. The molecule has 0 saturated heterocycles. The SMILES string of the molecule is COc1cccc([C@@H](C)C(=O)Oc2ccccc2)c1. The minimum Gasteiger partial charge on any atom is -0.497 e. The summed E-state index contributed by atoms with van der Waals surface area (Å²) in [6.07, 6.45) is 0. The van der Waals surface area contributed by atoms with Crippen LogP contribution in [0.2, 0.25) is 0 Å². The Balaban J connectivity index is 2.10. The zero-order valence-electron chi connectivity index (χ0n) is 11.0. The summed E-state index contributed by atoms with van der Waals surface area (Å²) in [5, 5.41) is 0. The van der Waals surface area contributed by atoms with Crippen LogP contribution in [0.5, 0.6) is 11.5 Å². The molecule has 1 atom stereocenters. The molecule has 0 heterocycles. The van der Waals surface area contributed by atoms with Gasteiger partial charge in [-0.3, -0.25) is 4.79 Å². The minimum atomic E-state index is -0.338. The molecule has 0 spiro atoms. The van der Waals surface area contributed by atoms with Crippen molar-refractivity contribution in [2.75, 3.05) is 7.11 Å². The number of para-hydroxylation sites is 1. The van der Waals surface area contributed by atoms with Gasteiger partial charge in [0.1, 0.15) is 11.5 Å². The fourth-order valence-electron chi connectivity index (χ4n) is 1.74. The van der Waals surface area contributed by atoms with E-state index in [1.165, 1.54) is 0 Å². The molecular weight excluding hydrogens is 240 g/mol. The fraction of sp³-hybridized carbons (Fsp3) is 0.188. The normalized spacial score (nSPS) is 11.7. The van der Waals surface area contributed by atoms with Gasteiger partial charge < -0.3 is 9.47 Å². The van der Waals surface area contributed by atoms with Gasteiger partial charge in [-0.25, -0.2) is 0 Å². The Morgan fingerprint density at radius 1 is 1.00 bits per heavy atom. The van der Waals surface area contributed by atoms with Crippen LogP contribution in [0.3, 0.4) is 0 Å². The average Bonchev–Trinajstić information content (AvgIpc) is 2.47. The summed E-state index contributed by atoms with van der Waals surface area (Å²) < 4.78 is 10.5. The van der Waals surface area contributed by atoms with Crippen LogP contribution in [-0.4, -0.2) is 13.1 Å². The molecule has 19 heavy (non-hydrogen) atoms. The van der Waals surface area contributed by atoms with E-state index in [1.54, 1.807) is 19.2 Å². The monoisotopic (exact) mass is 256 g/mol. The van der Waals surface area contributed by atoms with Crippen molar-refractivity contribution in [3.05, 3.63) is 60.2 Å². The molecular formula is C16H16O3. The van der Waals surface area contributed by atoms with Gasteiger partial charge in [-0.15, -0.1) is 0 Å². The molecule has 0 fully saturated rings. The first-order chi connectivity index (χ1) is 9.20. The van der Waals surface area contributed by atoms with Crippen molar-refractivity contribution in [2.45, 2.75) is 12.8 Å². The van der Waals surface area contributed by atoms with E-state index in [0.29, 0.717) is 5.75 Å². The highest BCUT2D eigenvalue weighted by Gasteiger charge is 2.17. The lowest BCUT2D eigenvalue weighted by atomic mass is 10.0. The third-order valence-electron chi connectivity index (χ3n) is 2.91. The van der Waals surface area contributed by atoms with Crippen LogP contribution in [0.15, 0.2) is 54.6 Å². The van der Waals surface area contributed by atoms with Gasteiger partial charge in [-0.2, -0.15) is 0 Å². The highest BCUT2D eigenvalue weighted by molar-refractivity contribution is 5.80. The number of esters is 1. The third kappa shape index (κ3) is 3.35. The van der Waals surface area contributed by atoms with Crippen LogP contribution >= 0.6 is 0 Å². The van der Waals surface area contributed by atoms with Crippen molar-refractivity contribution in [1.82, 2.24) is 0 Å². The number of carbonyl (C=O) groups excluding carboxylic acids is 1. The lowest BCUT2D eigenvalue weighted by Gasteiger charge is -2.12. The summed E-state index contributed by atoms with van der Waals surface area (Å²) in [5.41, 5.74) is 0.875. The first-order valence-electron chi connectivity index (χ1n) is 6.11. The minimum absolute atomic E-state index is 0.278. The Morgan fingerprint density at radius 3 is 2.37 bits per heavy atom. The molecule has 0 aromatic heterocycles. The van der Waals surface area contributed by atoms with Gasteiger partial charge in [0.15, 0.2) is 0 Å². The molecule has 0 aliphatic rings. The number of benzene rings is 2. The molecule has 0 aliphatic heterocycles.